The highest BCUT2D eigenvalue weighted by Gasteiger charge is 2.30. The van der Waals surface area contributed by atoms with Crippen molar-refractivity contribution in [3.8, 4) is 0 Å². The van der Waals surface area contributed by atoms with Gasteiger partial charge in [-0.15, -0.1) is 0 Å². The van der Waals surface area contributed by atoms with E-state index in [0.29, 0.717) is 35.7 Å². The number of nitrogens with one attached hydrogen (secondary N) is 2. The van der Waals surface area contributed by atoms with E-state index in [1.807, 2.05) is 13.8 Å². The Kier molecular flexibility index (Phi) is 6.11. The van der Waals surface area contributed by atoms with E-state index in [1.165, 1.54) is 10.4 Å². The molecule has 3 heterocycles. The van der Waals surface area contributed by atoms with Gasteiger partial charge >= 0.3 is 0 Å². The summed E-state index contributed by atoms with van der Waals surface area (Å²) in [4.78, 5) is 28.2. The van der Waals surface area contributed by atoms with Gasteiger partial charge in [-0.2, -0.15) is 4.31 Å². The number of sulfonamides is 1. The van der Waals surface area contributed by atoms with Crippen molar-refractivity contribution >= 4 is 21.6 Å². The van der Waals surface area contributed by atoms with Gasteiger partial charge in [-0.25, -0.2) is 17.9 Å². The quantitative estimate of drug-likeness (QED) is 0.657. The van der Waals surface area contributed by atoms with Crippen LogP contribution in [0.5, 0.6) is 0 Å². The van der Waals surface area contributed by atoms with Crippen molar-refractivity contribution in [3.63, 3.8) is 0 Å². The van der Waals surface area contributed by atoms with Crippen LogP contribution in [-0.2, 0) is 26.0 Å². The van der Waals surface area contributed by atoms with Crippen molar-refractivity contribution in [2.45, 2.75) is 46.3 Å². The Hall–Kier alpha value is -2.24. The van der Waals surface area contributed by atoms with Gasteiger partial charge in [-0.3, -0.25) is 14.7 Å². The van der Waals surface area contributed by atoms with Crippen LogP contribution in [0.2, 0.25) is 0 Å². The van der Waals surface area contributed by atoms with Crippen LogP contribution in [0, 0.1) is 13.8 Å². The Bertz CT molecular complexity index is 1060. The highest BCUT2D eigenvalue weighted by atomic mass is 32.2. The lowest BCUT2D eigenvalue weighted by molar-refractivity contribution is -0.120. The van der Waals surface area contributed by atoms with Crippen LogP contribution in [0.1, 0.15) is 30.8 Å². The van der Waals surface area contributed by atoms with Gasteiger partial charge in [-0.05, 0) is 27.7 Å². The summed E-state index contributed by atoms with van der Waals surface area (Å²) in [7, 11) is -3.48. The topological polar surface area (TPSA) is 126 Å². The molecule has 2 aromatic heterocycles. The molecule has 1 aliphatic rings. The lowest BCUT2D eigenvalue weighted by Crippen LogP contribution is -2.49. The molecular weight excluding hydrogens is 398 g/mol. The Labute approximate surface area is 169 Å². The average molecular weight is 426 g/mol. The first kappa shape index (κ1) is 21.5. The number of hydrogen-bond donors (Lipinski definition) is 2. The fourth-order valence-electron chi connectivity index (χ4n) is 3.64. The average Bonchev–Trinajstić information content (AvgIpc) is 2.98. The third kappa shape index (κ3) is 4.85. The van der Waals surface area contributed by atoms with Crippen LogP contribution >= 0.6 is 0 Å². The van der Waals surface area contributed by atoms with Crippen LogP contribution in [0.15, 0.2) is 10.9 Å². The third-order valence-corrected chi connectivity index (χ3v) is 6.81. The fourth-order valence-corrected chi connectivity index (χ4v) is 5.13. The summed E-state index contributed by atoms with van der Waals surface area (Å²) in [5.74, 6) is -0.469. The first-order valence-corrected chi connectivity index (χ1v) is 11.2. The van der Waals surface area contributed by atoms with Gasteiger partial charge in [0.25, 0.3) is 5.56 Å². The number of aromatic nitrogens is 3. The molecule has 0 saturated carbocycles. The van der Waals surface area contributed by atoms with Crippen LogP contribution < -0.4 is 10.9 Å². The molecule has 10 nitrogen and oxygen atoms in total. The summed E-state index contributed by atoms with van der Waals surface area (Å²) in [6.07, 6.45) is -0.264. The van der Waals surface area contributed by atoms with E-state index in [9.17, 15) is 18.0 Å². The molecule has 1 saturated heterocycles. The molecule has 2 unspecified atom stereocenters. The van der Waals surface area contributed by atoms with Crippen LogP contribution in [-0.4, -0.2) is 70.8 Å². The smallest absolute Gasteiger partial charge is 0.266 e. The Morgan fingerprint density at radius 2 is 1.97 bits per heavy atom. The minimum Gasteiger partial charge on any atom is -0.373 e. The van der Waals surface area contributed by atoms with Gasteiger partial charge < -0.3 is 10.1 Å². The third-order valence-electron chi connectivity index (χ3n) is 5.00. The van der Waals surface area contributed by atoms with E-state index < -0.39 is 10.0 Å². The second-order valence-corrected chi connectivity index (χ2v) is 9.58. The molecule has 0 aromatic carbocycles. The number of hydrogen-bond acceptors (Lipinski definition) is 6. The number of aryl methyl sites for hydroxylation is 2. The van der Waals surface area contributed by atoms with E-state index in [4.69, 9.17) is 4.74 Å². The van der Waals surface area contributed by atoms with Gasteiger partial charge in [0.1, 0.15) is 0 Å². The summed E-state index contributed by atoms with van der Waals surface area (Å²) in [5.41, 5.74) is 2.29. The molecule has 2 aromatic rings. The fraction of sp³-hybridized carbons (Fsp3) is 0.611. The Morgan fingerprint density at radius 3 is 2.62 bits per heavy atom. The van der Waals surface area contributed by atoms with E-state index in [1.54, 1.807) is 18.4 Å². The molecule has 0 aliphatic carbocycles. The summed E-state index contributed by atoms with van der Waals surface area (Å²) in [6, 6.07) is 1.39. The first-order valence-electron chi connectivity index (χ1n) is 9.54. The highest BCUT2D eigenvalue weighted by Crippen LogP contribution is 2.15. The van der Waals surface area contributed by atoms with Crippen LogP contribution in [0.3, 0.4) is 0 Å². The van der Waals surface area contributed by atoms with Crippen molar-refractivity contribution in [2.75, 3.05) is 25.4 Å². The number of H-pyrrole nitrogens is 1. The monoisotopic (exact) mass is 425 g/mol. The largest absolute Gasteiger partial charge is 0.373 e. The minimum absolute atomic E-state index is 0.0232. The Balaban J connectivity index is 1.60. The number of nitrogens with zero attached hydrogens (tertiary/aromatic N) is 3. The van der Waals surface area contributed by atoms with Crippen LogP contribution in [0.25, 0.3) is 5.65 Å². The zero-order chi connectivity index (χ0) is 21.3. The number of rotatable bonds is 6. The van der Waals surface area contributed by atoms with E-state index in [0.717, 1.165) is 0 Å². The maximum Gasteiger partial charge on any atom is 0.266 e. The Morgan fingerprint density at radius 1 is 1.31 bits per heavy atom. The summed E-state index contributed by atoms with van der Waals surface area (Å²) >= 11 is 0. The summed E-state index contributed by atoms with van der Waals surface area (Å²) in [5, 5.41) is 5.32. The number of carbonyl (C=O) groups excluding carboxylic acids is 1. The predicted molar refractivity (Wildman–Crippen MR) is 107 cm³/mol. The lowest BCUT2D eigenvalue weighted by atomic mass is 10.1. The highest BCUT2D eigenvalue weighted by molar-refractivity contribution is 7.89. The van der Waals surface area contributed by atoms with Gasteiger partial charge in [0.05, 0.1) is 24.4 Å². The lowest BCUT2D eigenvalue weighted by Gasteiger charge is -2.34. The van der Waals surface area contributed by atoms with Crippen molar-refractivity contribution in [2.24, 2.45) is 0 Å². The first-order chi connectivity index (χ1) is 13.6. The van der Waals surface area contributed by atoms with Crippen molar-refractivity contribution < 1.29 is 17.9 Å². The molecule has 160 valence electrons. The molecule has 0 radical (unpaired) electrons. The zero-order valence-corrected chi connectivity index (χ0v) is 17.9. The predicted octanol–water partition coefficient (Wildman–Crippen LogP) is -0.263. The second kappa shape index (κ2) is 8.25. The van der Waals surface area contributed by atoms with Gasteiger partial charge in [0.15, 0.2) is 5.65 Å². The number of morpholine rings is 1. The summed E-state index contributed by atoms with van der Waals surface area (Å²) in [6.45, 7) is 7.92. The molecular formula is C18H27N5O5S. The van der Waals surface area contributed by atoms with Gasteiger partial charge in [-0.1, -0.05) is 0 Å². The number of ether oxygens (including phenoxy) is 1. The molecule has 1 fully saturated rings. The van der Waals surface area contributed by atoms with Crippen molar-refractivity contribution in [1.82, 2.24) is 24.2 Å². The number of amides is 1. The molecule has 2 N–H and O–H groups in total. The van der Waals surface area contributed by atoms with E-state index >= 15 is 0 Å². The standard InChI is InChI=1S/C18H27N5O5S/c1-11-9-22(10-12(2)28-11)29(26,27)6-5-19-17(24)7-15-13(3)20-16-8-18(25)21-23(16)14(15)4/h8,11-12H,5-7,9-10H2,1-4H3,(H,19,24)(H,21,25). The van der Waals surface area contributed by atoms with Crippen molar-refractivity contribution in [3.05, 3.63) is 33.4 Å². The van der Waals surface area contributed by atoms with Gasteiger partial charge in [0, 0.05) is 42.7 Å². The number of fused-ring (bicyclic) bond motifs is 1. The van der Waals surface area contributed by atoms with Crippen LogP contribution in [0.4, 0.5) is 0 Å². The molecule has 0 spiro atoms. The number of aromatic amines is 1. The minimum atomic E-state index is -3.48. The van der Waals surface area contributed by atoms with Crippen molar-refractivity contribution in [1.29, 1.82) is 0 Å². The summed E-state index contributed by atoms with van der Waals surface area (Å²) < 4.78 is 33.6. The molecule has 29 heavy (non-hydrogen) atoms. The zero-order valence-electron chi connectivity index (χ0n) is 17.1. The molecule has 3 rings (SSSR count). The normalized spacial score (nSPS) is 20.8. The second-order valence-electron chi connectivity index (χ2n) is 7.49. The van der Waals surface area contributed by atoms with E-state index in [2.05, 4.69) is 15.4 Å². The molecule has 1 amide bonds. The van der Waals surface area contributed by atoms with E-state index in [-0.39, 0.29) is 42.4 Å². The number of carbonyl (C=O) groups is 1. The maximum absolute atomic E-state index is 12.5. The molecule has 2 atom stereocenters. The molecule has 0 bridgehead atoms. The van der Waals surface area contributed by atoms with Gasteiger partial charge in [0.2, 0.25) is 15.9 Å². The molecule has 1 aliphatic heterocycles. The SMILES string of the molecule is Cc1nc2cc(=O)[nH]n2c(C)c1CC(=O)NCCS(=O)(=O)N1CC(C)OC(C)C1. The maximum atomic E-state index is 12.5. The molecule has 11 heteroatoms.